The Labute approximate surface area is 84.1 Å². The topological polar surface area (TPSA) is 91.9 Å². The molecule has 0 saturated heterocycles. The van der Waals surface area contributed by atoms with Crippen molar-refractivity contribution in [2.45, 2.75) is 6.42 Å². The van der Waals surface area contributed by atoms with Gasteiger partial charge in [0.1, 0.15) is 0 Å². The third kappa shape index (κ3) is 2.92. The van der Waals surface area contributed by atoms with Crippen LogP contribution < -0.4 is 0 Å². The lowest BCUT2D eigenvalue weighted by Gasteiger charge is -1.98. The van der Waals surface area contributed by atoms with Gasteiger partial charge in [0.05, 0.1) is 4.92 Å². The van der Waals surface area contributed by atoms with Crippen molar-refractivity contribution in [3.63, 3.8) is 0 Å². The Hall–Kier alpha value is -2.14. The van der Waals surface area contributed by atoms with Crippen LogP contribution in [-0.4, -0.2) is 11.5 Å². The number of halogens is 1. The van der Waals surface area contributed by atoms with Crippen molar-refractivity contribution in [2.75, 3.05) is 6.54 Å². The largest absolute Gasteiger partial charge is 0.304 e. The molecule has 0 unspecified atom stereocenters. The number of hydrogen-bond acceptors (Lipinski definition) is 3. The Balaban J connectivity index is 2.82. The zero-order valence-electron chi connectivity index (χ0n) is 7.63. The van der Waals surface area contributed by atoms with Crippen LogP contribution >= 0.6 is 0 Å². The van der Waals surface area contributed by atoms with Crippen LogP contribution in [0.3, 0.4) is 0 Å². The zero-order valence-corrected chi connectivity index (χ0v) is 7.63. The molecule has 78 valence electrons. The Morgan fingerprint density at radius 1 is 1.60 bits per heavy atom. The second-order valence-electron chi connectivity index (χ2n) is 2.75. The van der Waals surface area contributed by atoms with E-state index >= 15 is 0 Å². The van der Waals surface area contributed by atoms with Crippen LogP contribution in [0.25, 0.3) is 10.4 Å². The molecule has 7 heteroatoms. The molecular formula is C8H7FN4O2. The first kappa shape index (κ1) is 10.9. The molecule has 0 spiro atoms. The van der Waals surface area contributed by atoms with Crippen molar-refractivity contribution < 1.29 is 9.31 Å². The molecule has 0 aliphatic carbocycles. The fourth-order valence-corrected chi connectivity index (χ4v) is 1.08. The maximum Gasteiger partial charge on any atom is 0.304 e. The van der Waals surface area contributed by atoms with Crippen LogP contribution in [0.2, 0.25) is 0 Å². The molecule has 1 rings (SSSR count). The first-order valence-corrected chi connectivity index (χ1v) is 4.09. The minimum atomic E-state index is -0.876. The standard InChI is InChI=1S/C8H7FN4O2/c9-7-5-6(3-4-11-12-10)1-2-8(7)13(14)15/h1-2,5H,3-4H2. The molecule has 0 atom stereocenters. The molecule has 1 aromatic rings. The molecule has 0 aromatic heterocycles. The third-order valence-electron chi connectivity index (χ3n) is 1.77. The van der Waals surface area contributed by atoms with Gasteiger partial charge in [-0.1, -0.05) is 11.2 Å². The van der Waals surface area contributed by atoms with E-state index in [1.54, 1.807) is 0 Å². The van der Waals surface area contributed by atoms with Crippen molar-refractivity contribution >= 4 is 5.69 Å². The van der Waals surface area contributed by atoms with E-state index in [2.05, 4.69) is 10.0 Å². The molecular weight excluding hydrogens is 203 g/mol. The van der Waals surface area contributed by atoms with Gasteiger partial charge in [0.15, 0.2) is 0 Å². The molecule has 0 aliphatic heterocycles. The minimum absolute atomic E-state index is 0.202. The molecule has 0 aliphatic rings. The summed E-state index contributed by atoms with van der Waals surface area (Å²) in [6.07, 6.45) is 0.360. The van der Waals surface area contributed by atoms with Crippen LogP contribution in [0.4, 0.5) is 10.1 Å². The molecule has 0 heterocycles. The van der Waals surface area contributed by atoms with Crippen LogP contribution in [0.5, 0.6) is 0 Å². The van der Waals surface area contributed by atoms with E-state index in [0.717, 1.165) is 12.1 Å². The number of nitro benzene ring substituents is 1. The normalized spacial score (nSPS) is 9.40. The molecule has 15 heavy (non-hydrogen) atoms. The van der Waals surface area contributed by atoms with Gasteiger partial charge in [-0.3, -0.25) is 10.1 Å². The second kappa shape index (κ2) is 4.92. The molecule has 1 aromatic carbocycles. The summed E-state index contributed by atoms with van der Waals surface area (Å²) < 4.78 is 13.1. The highest BCUT2D eigenvalue weighted by molar-refractivity contribution is 5.35. The maximum atomic E-state index is 13.1. The third-order valence-corrected chi connectivity index (χ3v) is 1.77. The van der Waals surface area contributed by atoms with Crippen LogP contribution in [-0.2, 0) is 6.42 Å². The summed E-state index contributed by atoms with van der Waals surface area (Å²) in [5.74, 6) is -0.876. The van der Waals surface area contributed by atoms with E-state index in [9.17, 15) is 14.5 Å². The van der Waals surface area contributed by atoms with Gasteiger partial charge in [-0.05, 0) is 23.6 Å². The summed E-state index contributed by atoms with van der Waals surface area (Å²) in [6, 6.07) is 3.61. The molecule has 0 saturated carbocycles. The van der Waals surface area contributed by atoms with E-state index in [1.165, 1.54) is 6.07 Å². The fraction of sp³-hybridized carbons (Fsp3) is 0.250. The molecule has 0 radical (unpaired) electrons. The Kier molecular flexibility index (Phi) is 3.59. The number of azide groups is 1. The average molecular weight is 210 g/mol. The summed E-state index contributed by atoms with van der Waals surface area (Å²) >= 11 is 0. The van der Waals surface area contributed by atoms with Crippen molar-refractivity contribution in [1.82, 2.24) is 0 Å². The number of benzene rings is 1. The molecule has 0 fully saturated rings. The first-order valence-electron chi connectivity index (χ1n) is 4.09. The second-order valence-corrected chi connectivity index (χ2v) is 2.75. The lowest BCUT2D eigenvalue weighted by atomic mass is 10.1. The highest BCUT2D eigenvalue weighted by Crippen LogP contribution is 2.18. The molecule has 0 N–H and O–H groups in total. The SMILES string of the molecule is [N-]=[N+]=NCCc1ccc([N+](=O)[O-])c(F)c1. The summed E-state index contributed by atoms with van der Waals surface area (Å²) in [5, 5.41) is 13.6. The highest BCUT2D eigenvalue weighted by Gasteiger charge is 2.13. The molecule has 6 nitrogen and oxygen atoms in total. The van der Waals surface area contributed by atoms with E-state index in [4.69, 9.17) is 5.53 Å². The highest BCUT2D eigenvalue weighted by atomic mass is 19.1. The average Bonchev–Trinajstić information content (AvgIpc) is 2.17. The van der Waals surface area contributed by atoms with Gasteiger partial charge in [-0.25, -0.2) is 0 Å². The zero-order chi connectivity index (χ0) is 11.3. The smallest absolute Gasteiger partial charge is 0.258 e. The number of rotatable bonds is 4. The van der Waals surface area contributed by atoms with Crippen molar-refractivity contribution in [3.8, 4) is 0 Å². The quantitative estimate of drug-likeness (QED) is 0.251. The molecule has 0 amide bonds. The van der Waals surface area contributed by atoms with Gasteiger partial charge in [-0.15, -0.1) is 0 Å². The minimum Gasteiger partial charge on any atom is -0.258 e. The van der Waals surface area contributed by atoms with E-state index < -0.39 is 16.4 Å². The molecule has 0 bridgehead atoms. The fourth-order valence-electron chi connectivity index (χ4n) is 1.08. The van der Waals surface area contributed by atoms with Gasteiger partial charge in [0, 0.05) is 17.5 Å². The Bertz CT molecular complexity index is 429. The Morgan fingerprint density at radius 2 is 2.33 bits per heavy atom. The van der Waals surface area contributed by atoms with Crippen LogP contribution in [0.1, 0.15) is 5.56 Å². The van der Waals surface area contributed by atoms with E-state index in [1.807, 2.05) is 0 Å². The van der Waals surface area contributed by atoms with E-state index in [-0.39, 0.29) is 6.54 Å². The predicted octanol–water partition coefficient (Wildman–Crippen LogP) is 2.59. The van der Waals surface area contributed by atoms with Gasteiger partial charge in [0.2, 0.25) is 5.82 Å². The lowest BCUT2D eigenvalue weighted by molar-refractivity contribution is -0.387. The predicted molar refractivity (Wildman–Crippen MR) is 50.8 cm³/mol. The number of hydrogen-bond donors (Lipinski definition) is 0. The van der Waals surface area contributed by atoms with Crippen LogP contribution in [0, 0.1) is 15.9 Å². The first-order chi connectivity index (χ1) is 7.15. The van der Waals surface area contributed by atoms with Gasteiger partial charge >= 0.3 is 5.69 Å². The van der Waals surface area contributed by atoms with Gasteiger partial charge in [0.25, 0.3) is 0 Å². The monoisotopic (exact) mass is 210 g/mol. The summed E-state index contributed by atoms with van der Waals surface area (Å²) in [4.78, 5) is 12.0. The Morgan fingerprint density at radius 3 is 2.87 bits per heavy atom. The van der Waals surface area contributed by atoms with Gasteiger partial charge < -0.3 is 0 Å². The van der Waals surface area contributed by atoms with Gasteiger partial charge in [-0.2, -0.15) is 4.39 Å². The summed E-state index contributed by atoms with van der Waals surface area (Å²) in [5.41, 5.74) is 8.02. The van der Waals surface area contributed by atoms with Crippen molar-refractivity contribution in [1.29, 1.82) is 0 Å². The lowest BCUT2D eigenvalue weighted by Crippen LogP contribution is -1.95. The maximum absolute atomic E-state index is 13.1. The van der Waals surface area contributed by atoms with Crippen LogP contribution in [0.15, 0.2) is 23.3 Å². The van der Waals surface area contributed by atoms with E-state index in [0.29, 0.717) is 12.0 Å². The van der Waals surface area contributed by atoms with Crippen molar-refractivity contribution in [2.24, 2.45) is 5.11 Å². The number of nitrogens with zero attached hydrogens (tertiary/aromatic N) is 4. The number of nitro groups is 1. The summed E-state index contributed by atoms with van der Waals surface area (Å²) in [6.45, 7) is 0.202. The summed E-state index contributed by atoms with van der Waals surface area (Å²) in [7, 11) is 0. The van der Waals surface area contributed by atoms with Crippen molar-refractivity contribution in [3.05, 3.63) is 50.1 Å².